The van der Waals surface area contributed by atoms with E-state index in [1.54, 1.807) is 0 Å². The van der Waals surface area contributed by atoms with Crippen LogP contribution in [-0.2, 0) is 0 Å². The van der Waals surface area contributed by atoms with Gasteiger partial charge in [-0.15, -0.1) is 0 Å². The normalized spacial score (nSPS) is 13.7. The van der Waals surface area contributed by atoms with Gasteiger partial charge in [-0.3, -0.25) is 5.41 Å². The zero-order valence-electron chi connectivity index (χ0n) is 22.9. The number of nitrogens with one attached hydrogen (secondary N) is 1. The topological polar surface area (TPSA) is 74.9 Å². The number of rotatable bonds is 3. The average molecular weight is 570 g/mol. The minimum Gasteiger partial charge on any atom is -0.298 e. The summed E-state index contributed by atoms with van der Waals surface area (Å²) in [6, 6.07) is 39.0. The van der Waals surface area contributed by atoms with Crippen molar-refractivity contribution in [3.05, 3.63) is 132 Å². The SMILES string of the molecule is N=C1/C(=N\S)C=Cc2c(-c3ccccc3)nc3cc(-c4ccc5ccc6ccc(-c7ccccc7)nc6c5n4)ccc3c21. The highest BCUT2D eigenvalue weighted by Gasteiger charge is 2.23. The predicted octanol–water partition coefficient (Wildman–Crippen LogP) is 9.01. The quantitative estimate of drug-likeness (QED) is 0.165. The fourth-order valence-electron chi connectivity index (χ4n) is 5.84. The molecule has 5 nitrogen and oxygen atoms in total. The highest BCUT2D eigenvalue weighted by molar-refractivity contribution is 7.79. The van der Waals surface area contributed by atoms with Gasteiger partial charge in [0.05, 0.1) is 45.1 Å². The van der Waals surface area contributed by atoms with Gasteiger partial charge in [0, 0.05) is 44.0 Å². The molecule has 0 saturated carbocycles. The first-order valence-electron chi connectivity index (χ1n) is 14.0. The second kappa shape index (κ2) is 10.1. The van der Waals surface area contributed by atoms with Gasteiger partial charge in [-0.2, -0.15) is 0 Å². The molecule has 0 saturated heterocycles. The van der Waals surface area contributed by atoms with E-state index in [0.717, 1.165) is 77.6 Å². The van der Waals surface area contributed by atoms with Crippen molar-refractivity contribution in [1.82, 2.24) is 15.0 Å². The number of hydrogen-bond acceptors (Lipinski definition) is 6. The maximum Gasteiger partial charge on any atom is 0.0972 e. The number of hydrogen-bond donors (Lipinski definition) is 2. The van der Waals surface area contributed by atoms with Crippen molar-refractivity contribution in [2.75, 3.05) is 0 Å². The second-order valence-electron chi connectivity index (χ2n) is 10.5. The molecule has 6 heteroatoms. The van der Waals surface area contributed by atoms with Crippen LogP contribution in [0.4, 0.5) is 0 Å². The molecule has 0 unspecified atom stereocenters. The van der Waals surface area contributed by atoms with E-state index in [-0.39, 0.29) is 0 Å². The van der Waals surface area contributed by atoms with Crippen LogP contribution >= 0.6 is 12.8 Å². The first kappa shape index (κ1) is 25.3. The van der Waals surface area contributed by atoms with Crippen molar-refractivity contribution in [3.8, 4) is 33.8 Å². The largest absolute Gasteiger partial charge is 0.298 e. The van der Waals surface area contributed by atoms with Gasteiger partial charge in [-0.1, -0.05) is 97.1 Å². The molecule has 0 spiro atoms. The number of fused-ring (bicyclic) bond motifs is 6. The Bertz CT molecular complexity index is 2310. The molecule has 0 amide bonds. The number of aromatic nitrogens is 3. The molecule has 7 aromatic rings. The van der Waals surface area contributed by atoms with Crippen LogP contribution in [0.1, 0.15) is 11.1 Å². The average Bonchev–Trinajstić information content (AvgIpc) is 3.08. The first-order valence-corrected chi connectivity index (χ1v) is 14.4. The minimum absolute atomic E-state index is 0.334. The standard InChI is InChI=1S/C37H23N5S/c38-34-31(42-43)20-17-28-33(34)27-16-13-26(21-32(27)41-35(28)23-9-5-2-6-10-23)30-19-15-25-12-11-24-14-18-29(22-7-3-1-4-8-22)39-36(24)37(25)40-30/h1-21,38,43H/b38-34?,42-31-. The summed E-state index contributed by atoms with van der Waals surface area (Å²) >= 11 is 4.12. The zero-order chi connectivity index (χ0) is 28.9. The van der Waals surface area contributed by atoms with Crippen molar-refractivity contribution in [2.45, 2.75) is 0 Å². The van der Waals surface area contributed by atoms with Gasteiger partial charge >= 0.3 is 0 Å². The molecular formula is C37H23N5S. The van der Waals surface area contributed by atoms with Crippen LogP contribution in [0.2, 0.25) is 0 Å². The third kappa shape index (κ3) is 4.23. The van der Waals surface area contributed by atoms with Crippen LogP contribution in [-0.4, -0.2) is 26.4 Å². The Hall–Kier alpha value is -5.46. The van der Waals surface area contributed by atoms with Crippen LogP contribution in [0.15, 0.2) is 126 Å². The van der Waals surface area contributed by atoms with Gasteiger partial charge in [0.25, 0.3) is 0 Å². The second-order valence-corrected chi connectivity index (χ2v) is 10.7. The fourth-order valence-corrected chi connectivity index (χ4v) is 6.01. The Morgan fingerprint density at radius 2 is 1.19 bits per heavy atom. The predicted molar refractivity (Wildman–Crippen MR) is 181 cm³/mol. The van der Waals surface area contributed by atoms with Gasteiger partial charge in [-0.05, 0) is 43.2 Å². The molecule has 0 atom stereocenters. The lowest BCUT2D eigenvalue weighted by molar-refractivity contribution is 1.35. The van der Waals surface area contributed by atoms with E-state index in [1.165, 1.54) is 0 Å². The molecule has 1 aliphatic rings. The van der Waals surface area contributed by atoms with E-state index >= 15 is 0 Å². The molecule has 0 radical (unpaired) electrons. The molecule has 1 N–H and O–H groups in total. The van der Waals surface area contributed by atoms with Crippen LogP contribution in [0.25, 0.3) is 72.6 Å². The molecule has 0 bridgehead atoms. The Balaban J connectivity index is 1.33. The molecule has 4 aromatic carbocycles. The molecule has 202 valence electrons. The number of benzene rings is 4. The third-order valence-electron chi connectivity index (χ3n) is 7.98. The summed E-state index contributed by atoms with van der Waals surface area (Å²) in [4.78, 5) is 15.3. The Morgan fingerprint density at radius 3 is 1.84 bits per heavy atom. The van der Waals surface area contributed by atoms with Crippen LogP contribution in [0.5, 0.6) is 0 Å². The summed E-state index contributed by atoms with van der Waals surface area (Å²) in [6.45, 7) is 0. The van der Waals surface area contributed by atoms with Crippen molar-refractivity contribution in [3.63, 3.8) is 0 Å². The van der Waals surface area contributed by atoms with Crippen LogP contribution in [0.3, 0.4) is 0 Å². The highest BCUT2D eigenvalue weighted by Crippen LogP contribution is 2.36. The van der Waals surface area contributed by atoms with E-state index in [1.807, 2.05) is 72.8 Å². The summed E-state index contributed by atoms with van der Waals surface area (Å²) < 4.78 is 4.04. The number of nitrogens with zero attached hydrogens (tertiary/aromatic N) is 4. The number of thiol groups is 1. The third-order valence-corrected chi connectivity index (χ3v) is 8.19. The molecule has 3 aromatic heterocycles. The number of pyridine rings is 3. The van der Waals surface area contributed by atoms with Gasteiger partial charge in [0.1, 0.15) is 0 Å². The fraction of sp³-hybridized carbons (Fsp3) is 0. The lowest BCUT2D eigenvalue weighted by Gasteiger charge is -2.19. The zero-order valence-corrected chi connectivity index (χ0v) is 23.8. The lowest BCUT2D eigenvalue weighted by atomic mass is 9.87. The Labute approximate surface area is 253 Å². The van der Waals surface area contributed by atoms with Crippen molar-refractivity contribution >= 4 is 63.0 Å². The summed E-state index contributed by atoms with van der Waals surface area (Å²) in [6.07, 6.45) is 3.81. The molecule has 0 aliphatic heterocycles. The lowest BCUT2D eigenvalue weighted by Crippen LogP contribution is -2.18. The van der Waals surface area contributed by atoms with E-state index in [0.29, 0.717) is 11.4 Å². The summed E-state index contributed by atoms with van der Waals surface area (Å²) in [7, 11) is 0. The van der Waals surface area contributed by atoms with Crippen molar-refractivity contribution in [2.24, 2.45) is 4.40 Å². The van der Waals surface area contributed by atoms with E-state index in [9.17, 15) is 0 Å². The molecule has 0 fully saturated rings. The summed E-state index contributed by atoms with van der Waals surface area (Å²) in [5.74, 6) is 0. The highest BCUT2D eigenvalue weighted by atomic mass is 32.1. The molecular weight excluding hydrogens is 547 g/mol. The van der Waals surface area contributed by atoms with E-state index in [2.05, 4.69) is 71.8 Å². The molecule has 43 heavy (non-hydrogen) atoms. The van der Waals surface area contributed by atoms with Crippen molar-refractivity contribution < 1.29 is 0 Å². The number of allylic oxidation sites excluding steroid dienone is 1. The maximum absolute atomic E-state index is 8.96. The van der Waals surface area contributed by atoms with Crippen LogP contribution in [0, 0.1) is 5.41 Å². The summed E-state index contributed by atoms with van der Waals surface area (Å²) in [5, 5.41) is 11.9. The monoisotopic (exact) mass is 569 g/mol. The molecule has 1 aliphatic carbocycles. The van der Waals surface area contributed by atoms with Gasteiger partial charge in [0.2, 0.25) is 0 Å². The van der Waals surface area contributed by atoms with Gasteiger partial charge in [0.15, 0.2) is 0 Å². The van der Waals surface area contributed by atoms with E-state index < -0.39 is 0 Å². The molecule has 3 heterocycles. The minimum atomic E-state index is 0.334. The first-order chi connectivity index (χ1) is 21.2. The van der Waals surface area contributed by atoms with Gasteiger partial charge < -0.3 is 0 Å². The van der Waals surface area contributed by atoms with Crippen molar-refractivity contribution in [1.29, 1.82) is 5.41 Å². The van der Waals surface area contributed by atoms with Crippen LogP contribution < -0.4 is 0 Å². The Morgan fingerprint density at radius 1 is 0.581 bits per heavy atom. The maximum atomic E-state index is 8.96. The summed E-state index contributed by atoms with van der Waals surface area (Å²) in [5.41, 5.74) is 10.7. The van der Waals surface area contributed by atoms with Gasteiger partial charge in [-0.25, -0.2) is 19.3 Å². The Kier molecular flexibility index (Phi) is 5.94. The smallest absolute Gasteiger partial charge is 0.0972 e. The van der Waals surface area contributed by atoms with E-state index in [4.69, 9.17) is 20.4 Å². The molecule has 8 rings (SSSR count).